The van der Waals surface area contributed by atoms with Crippen LogP contribution in [-0.2, 0) is 0 Å². The van der Waals surface area contributed by atoms with Crippen LogP contribution in [-0.4, -0.2) is 18.0 Å². The molecule has 0 heterocycles. The first-order chi connectivity index (χ1) is 7.83. The fourth-order valence-electron chi connectivity index (χ4n) is 1.11. The van der Waals surface area contributed by atoms with Crippen molar-refractivity contribution >= 4 is 29.0 Å². The molecule has 0 aliphatic rings. The zero-order valence-corrected chi connectivity index (χ0v) is 9.86. The quantitative estimate of drug-likeness (QED) is 0.617. The van der Waals surface area contributed by atoms with Gasteiger partial charge >= 0.3 is 6.36 Å². The maximum absolute atomic E-state index is 11.9. The van der Waals surface area contributed by atoms with Gasteiger partial charge in [-0.2, -0.15) is 0 Å². The van der Waals surface area contributed by atoms with Gasteiger partial charge in [0.25, 0.3) is 0 Å². The number of ether oxygens (including phenoxy) is 1. The molecule has 1 aromatic rings. The maximum atomic E-state index is 11.9. The number of ketones is 1. The lowest BCUT2D eigenvalue weighted by Crippen LogP contribution is -2.17. The van der Waals surface area contributed by atoms with Crippen LogP contribution in [0, 0.1) is 0 Å². The third-order valence-corrected chi connectivity index (χ3v) is 2.29. The predicted octanol–water partition coefficient (Wildman–Crippen LogP) is 4.05. The molecule has 0 saturated heterocycles. The maximum Gasteiger partial charge on any atom is 0.573 e. The number of Topliss-reactive ketones (excluding diaryl/α,β-unsaturated/α-hetero) is 1. The molecule has 0 fully saturated rings. The number of halogens is 5. The molecule has 0 aromatic heterocycles. The Hall–Kier alpha value is -0.940. The summed E-state index contributed by atoms with van der Waals surface area (Å²) in [6.07, 6.45) is -4.72. The molecule has 0 atom stereocenters. The fourth-order valence-corrected chi connectivity index (χ4v) is 1.50. The molecular formula is C10H7Cl2F3O2. The SMILES string of the molecule is O=C(CCCl)c1ccc(OC(F)(F)F)c(Cl)c1. The first-order valence-electron chi connectivity index (χ1n) is 4.48. The third-order valence-electron chi connectivity index (χ3n) is 1.80. The number of hydrogen-bond acceptors (Lipinski definition) is 2. The van der Waals surface area contributed by atoms with Crippen LogP contribution in [0.5, 0.6) is 5.75 Å². The van der Waals surface area contributed by atoms with Crippen LogP contribution in [0.15, 0.2) is 18.2 Å². The molecule has 0 saturated carbocycles. The molecule has 0 radical (unpaired) electrons. The normalized spacial score (nSPS) is 11.4. The van der Waals surface area contributed by atoms with Crippen LogP contribution in [0.3, 0.4) is 0 Å². The van der Waals surface area contributed by atoms with E-state index >= 15 is 0 Å². The van der Waals surface area contributed by atoms with Gasteiger partial charge in [0, 0.05) is 17.9 Å². The van der Waals surface area contributed by atoms with E-state index in [1.54, 1.807) is 0 Å². The Morgan fingerprint density at radius 2 is 2.00 bits per heavy atom. The molecule has 7 heteroatoms. The summed E-state index contributed by atoms with van der Waals surface area (Å²) >= 11 is 10.9. The van der Waals surface area contributed by atoms with Gasteiger partial charge < -0.3 is 4.74 Å². The molecule has 0 bridgehead atoms. The Labute approximate surface area is 105 Å². The van der Waals surface area contributed by atoms with E-state index in [-0.39, 0.29) is 28.7 Å². The lowest BCUT2D eigenvalue weighted by atomic mass is 10.1. The van der Waals surface area contributed by atoms with Gasteiger partial charge in [-0.3, -0.25) is 4.79 Å². The summed E-state index contributed by atoms with van der Waals surface area (Å²) in [6.45, 7) is 0. The van der Waals surface area contributed by atoms with Crippen LogP contribution < -0.4 is 4.74 Å². The summed E-state index contributed by atoms with van der Waals surface area (Å²) in [5.41, 5.74) is 0.199. The largest absolute Gasteiger partial charge is 0.573 e. The van der Waals surface area contributed by atoms with Crippen LogP contribution in [0.2, 0.25) is 5.02 Å². The second-order valence-electron chi connectivity index (χ2n) is 3.06. The summed E-state index contributed by atoms with van der Waals surface area (Å²) in [4.78, 5) is 11.4. The second-order valence-corrected chi connectivity index (χ2v) is 3.84. The Bertz CT molecular complexity index is 419. The van der Waals surface area contributed by atoms with Crippen molar-refractivity contribution in [1.82, 2.24) is 0 Å². The minimum atomic E-state index is -4.81. The molecule has 1 rings (SSSR count). The van der Waals surface area contributed by atoms with E-state index in [1.165, 1.54) is 6.07 Å². The molecule has 2 nitrogen and oxygen atoms in total. The predicted molar refractivity (Wildman–Crippen MR) is 57.8 cm³/mol. The van der Waals surface area contributed by atoms with Crippen LogP contribution in [0.4, 0.5) is 13.2 Å². The first-order valence-corrected chi connectivity index (χ1v) is 5.39. The smallest absolute Gasteiger partial charge is 0.404 e. The van der Waals surface area contributed by atoms with E-state index in [1.807, 2.05) is 0 Å². The van der Waals surface area contributed by atoms with E-state index < -0.39 is 12.1 Å². The molecule has 0 spiro atoms. The van der Waals surface area contributed by atoms with Gasteiger partial charge in [0.1, 0.15) is 5.75 Å². The Balaban J connectivity index is 2.90. The van der Waals surface area contributed by atoms with E-state index in [2.05, 4.69) is 4.74 Å². The fraction of sp³-hybridized carbons (Fsp3) is 0.300. The van der Waals surface area contributed by atoms with Crippen molar-refractivity contribution in [2.24, 2.45) is 0 Å². The molecular weight excluding hydrogens is 280 g/mol. The Morgan fingerprint density at radius 1 is 1.35 bits per heavy atom. The Kier molecular flexibility index (Phi) is 4.65. The monoisotopic (exact) mass is 286 g/mol. The molecule has 94 valence electrons. The summed E-state index contributed by atoms with van der Waals surface area (Å²) in [7, 11) is 0. The number of carbonyl (C=O) groups is 1. The van der Waals surface area contributed by atoms with Crippen LogP contribution >= 0.6 is 23.2 Å². The van der Waals surface area contributed by atoms with Crippen LogP contribution in [0.25, 0.3) is 0 Å². The highest BCUT2D eigenvalue weighted by Gasteiger charge is 2.32. The summed E-state index contributed by atoms with van der Waals surface area (Å²) in [5.74, 6) is -0.695. The topological polar surface area (TPSA) is 26.3 Å². The van der Waals surface area contributed by atoms with Gasteiger partial charge in [-0.05, 0) is 18.2 Å². The molecule has 0 amide bonds. The average Bonchev–Trinajstić information content (AvgIpc) is 2.19. The van der Waals surface area contributed by atoms with E-state index in [0.29, 0.717) is 0 Å². The van der Waals surface area contributed by atoms with E-state index in [4.69, 9.17) is 23.2 Å². The van der Waals surface area contributed by atoms with Gasteiger partial charge in [0.2, 0.25) is 0 Å². The lowest BCUT2D eigenvalue weighted by Gasteiger charge is -2.10. The summed E-state index contributed by atoms with van der Waals surface area (Å²) < 4.78 is 39.5. The van der Waals surface area contributed by atoms with Gasteiger partial charge in [0.15, 0.2) is 5.78 Å². The van der Waals surface area contributed by atoms with Crippen molar-refractivity contribution in [3.8, 4) is 5.75 Å². The van der Waals surface area contributed by atoms with Crippen molar-refractivity contribution in [1.29, 1.82) is 0 Å². The summed E-state index contributed by atoms with van der Waals surface area (Å²) in [5, 5.41) is -0.275. The van der Waals surface area contributed by atoms with Crippen molar-refractivity contribution in [2.45, 2.75) is 12.8 Å². The molecule has 17 heavy (non-hydrogen) atoms. The highest BCUT2D eigenvalue weighted by Crippen LogP contribution is 2.30. The van der Waals surface area contributed by atoms with Gasteiger partial charge in [-0.1, -0.05) is 11.6 Å². The summed E-state index contributed by atoms with van der Waals surface area (Å²) in [6, 6.07) is 3.33. The minimum Gasteiger partial charge on any atom is -0.404 e. The van der Waals surface area contributed by atoms with E-state index in [9.17, 15) is 18.0 Å². The van der Waals surface area contributed by atoms with Crippen molar-refractivity contribution < 1.29 is 22.7 Å². The standard InChI is InChI=1S/C10H7Cl2F3O2/c11-4-3-8(16)6-1-2-9(7(12)5-6)17-10(13,14)15/h1-2,5H,3-4H2. The second kappa shape index (κ2) is 5.60. The molecule has 0 N–H and O–H groups in total. The first kappa shape index (κ1) is 14.1. The van der Waals surface area contributed by atoms with Gasteiger partial charge in [0.05, 0.1) is 5.02 Å². The minimum absolute atomic E-state index is 0.0946. The van der Waals surface area contributed by atoms with Crippen molar-refractivity contribution in [2.75, 3.05) is 5.88 Å². The van der Waals surface area contributed by atoms with E-state index in [0.717, 1.165) is 12.1 Å². The van der Waals surface area contributed by atoms with Crippen molar-refractivity contribution in [3.63, 3.8) is 0 Å². The van der Waals surface area contributed by atoms with Gasteiger partial charge in [-0.15, -0.1) is 24.8 Å². The number of benzene rings is 1. The highest BCUT2D eigenvalue weighted by atomic mass is 35.5. The number of carbonyl (C=O) groups excluding carboxylic acids is 1. The molecule has 0 aliphatic carbocycles. The lowest BCUT2D eigenvalue weighted by molar-refractivity contribution is -0.274. The number of hydrogen-bond donors (Lipinski definition) is 0. The molecule has 1 aromatic carbocycles. The van der Waals surface area contributed by atoms with Crippen molar-refractivity contribution in [3.05, 3.63) is 28.8 Å². The Morgan fingerprint density at radius 3 is 2.47 bits per heavy atom. The highest BCUT2D eigenvalue weighted by molar-refractivity contribution is 6.32. The molecule has 0 aliphatic heterocycles. The zero-order valence-electron chi connectivity index (χ0n) is 8.35. The average molecular weight is 287 g/mol. The van der Waals surface area contributed by atoms with Gasteiger partial charge in [-0.25, -0.2) is 0 Å². The number of alkyl halides is 4. The van der Waals surface area contributed by atoms with Crippen LogP contribution in [0.1, 0.15) is 16.8 Å². The zero-order chi connectivity index (χ0) is 13.1. The number of rotatable bonds is 4. The molecule has 0 unspecified atom stereocenters. The third kappa shape index (κ3) is 4.44.